The minimum Gasteiger partial charge on any atom is -0.484 e. The van der Waals surface area contributed by atoms with Crippen LogP contribution in [0.1, 0.15) is 6.42 Å². The number of ether oxygens (including phenoxy) is 1. The molecule has 2 aromatic heterocycles. The maximum atomic E-state index is 13.0. The molecule has 8 heteroatoms. The highest BCUT2D eigenvalue weighted by atomic mass is 35.5. The molecule has 0 N–H and O–H groups in total. The summed E-state index contributed by atoms with van der Waals surface area (Å²) in [6, 6.07) is 14.9. The predicted octanol–water partition coefficient (Wildman–Crippen LogP) is 4.65. The zero-order valence-electron chi connectivity index (χ0n) is 15.6. The number of nitrogens with zero attached hydrogens (tertiary/aromatic N) is 4. The van der Waals surface area contributed by atoms with E-state index in [0.717, 1.165) is 23.2 Å². The van der Waals surface area contributed by atoms with Crippen molar-refractivity contribution in [3.63, 3.8) is 0 Å². The lowest BCUT2D eigenvalue weighted by Gasteiger charge is -2.20. The average molecular weight is 427 g/mol. The Hall–Kier alpha value is -2.90. The van der Waals surface area contributed by atoms with Gasteiger partial charge < -0.3 is 9.30 Å². The van der Waals surface area contributed by atoms with Crippen LogP contribution in [0.5, 0.6) is 5.75 Å². The Morgan fingerprint density at radius 3 is 2.86 bits per heavy atom. The van der Waals surface area contributed by atoms with Crippen molar-refractivity contribution in [3.05, 3.63) is 72.3 Å². The van der Waals surface area contributed by atoms with Gasteiger partial charge in [-0.15, -0.1) is 0 Å². The van der Waals surface area contributed by atoms with E-state index in [2.05, 4.69) is 9.97 Å². The van der Waals surface area contributed by atoms with E-state index in [4.69, 9.17) is 16.3 Å². The van der Waals surface area contributed by atoms with Gasteiger partial charge in [0, 0.05) is 30.5 Å². The van der Waals surface area contributed by atoms with Crippen molar-refractivity contribution in [1.29, 1.82) is 0 Å². The molecule has 0 saturated carbocycles. The summed E-state index contributed by atoms with van der Waals surface area (Å²) in [7, 11) is 0. The van der Waals surface area contributed by atoms with Crippen LogP contribution in [-0.2, 0) is 11.3 Å². The predicted molar refractivity (Wildman–Crippen MR) is 116 cm³/mol. The summed E-state index contributed by atoms with van der Waals surface area (Å²) >= 11 is 7.55. The molecule has 0 aliphatic heterocycles. The molecular weight excluding hydrogens is 408 g/mol. The lowest BCUT2D eigenvalue weighted by atomic mass is 10.3. The summed E-state index contributed by atoms with van der Waals surface area (Å²) in [5.74, 6) is 0.528. The van der Waals surface area contributed by atoms with Crippen molar-refractivity contribution in [2.45, 2.75) is 13.0 Å². The van der Waals surface area contributed by atoms with Crippen molar-refractivity contribution >= 4 is 44.2 Å². The molecule has 0 saturated heterocycles. The normalized spacial score (nSPS) is 10.9. The number of aryl methyl sites for hydroxylation is 1. The molecule has 0 spiro atoms. The lowest BCUT2D eigenvalue weighted by molar-refractivity contribution is -0.120. The highest BCUT2D eigenvalue weighted by molar-refractivity contribution is 7.22. The van der Waals surface area contributed by atoms with Crippen molar-refractivity contribution in [2.24, 2.45) is 0 Å². The summed E-state index contributed by atoms with van der Waals surface area (Å²) in [5, 5.41) is 1.30. The number of halogens is 1. The first-order valence-corrected chi connectivity index (χ1v) is 10.4. The highest BCUT2D eigenvalue weighted by Crippen LogP contribution is 2.31. The van der Waals surface area contributed by atoms with Crippen molar-refractivity contribution in [2.75, 3.05) is 18.1 Å². The van der Waals surface area contributed by atoms with E-state index in [1.807, 2.05) is 53.2 Å². The van der Waals surface area contributed by atoms with Crippen LogP contribution in [0.2, 0.25) is 5.02 Å². The highest BCUT2D eigenvalue weighted by Gasteiger charge is 2.20. The van der Waals surface area contributed by atoms with E-state index in [1.54, 1.807) is 23.5 Å². The fraction of sp³-hybridized carbons (Fsp3) is 0.190. The molecule has 148 valence electrons. The second-order valence-electron chi connectivity index (χ2n) is 6.41. The van der Waals surface area contributed by atoms with Crippen LogP contribution in [0.15, 0.2) is 67.3 Å². The Labute approximate surface area is 177 Å². The monoisotopic (exact) mass is 426 g/mol. The van der Waals surface area contributed by atoms with Crippen LogP contribution in [-0.4, -0.2) is 33.6 Å². The Balaban J connectivity index is 1.51. The number of rotatable bonds is 8. The smallest absolute Gasteiger partial charge is 0.266 e. The molecule has 6 nitrogen and oxygen atoms in total. The van der Waals surface area contributed by atoms with Crippen molar-refractivity contribution < 1.29 is 9.53 Å². The van der Waals surface area contributed by atoms with Gasteiger partial charge in [-0.1, -0.05) is 41.1 Å². The second kappa shape index (κ2) is 9.07. The number of imidazole rings is 1. The number of benzene rings is 2. The van der Waals surface area contributed by atoms with Gasteiger partial charge in [0.05, 0.1) is 16.5 Å². The minimum atomic E-state index is -0.135. The summed E-state index contributed by atoms with van der Waals surface area (Å²) < 4.78 is 8.60. The molecular formula is C21H19ClN4O2S. The molecule has 29 heavy (non-hydrogen) atoms. The van der Waals surface area contributed by atoms with Gasteiger partial charge >= 0.3 is 0 Å². The number of fused-ring (bicyclic) bond motifs is 1. The Morgan fingerprint density at radius 2 is 2.07 bits per heavy atom. The molecule has 0 radical (unpaired) electrons. The first-order chi connectivity index (χ1) is 14.2. The maximum Gasteiger partial charge on any atom is 0.266 e. The molecule has 0 bridgehead atoms. The van der Waals surface area contributed by atoms with Gasteiger partial charge in [0.25, 0.3) is 5.91 Å². The third kappa shape index (κ3) is 4.93. The number of hydrogen-bond acceptors (Lipinski definition) is 5. The summed E-state index contributed by atoms with van der Waals surface area (Å²) in [6.45, 7) is 1.24. The van der Waals surface area contributed by atoms with Gasteiger partial charge in [0.15, 0.2) is 11.7 Å². The van der Waals surface area contributed by atoms with Gasteiger partial charge in [-0.25, -0.2) is 9.97 Å². The number of thiazole rings is 1. The Kier molecular flexibility index (Phi) is 6.07. The van der Waals surface area contributed by atoms with Gasteiger partial charge in [0.2, 0.25) is 0 Å². The van der Waals surface area contributed by atoms with E-state index in [9.17, 15) is 4.79 Å². The largest absolute Gasteiger partial charge is 0.484 e. The molecule has 0 aliphatic carbocycles. The summed E-state index contributed by atoms with van der Waals surface area (Å²) in [5.41, 5.74) is 0.825. The van der Waals surface area contributed by atoms with E-state index in [0.29, 0.717) is 22.4 Å². The topological polar surface area (TPSA) is 60.2 Å². The van der Waals surface area contributed by atoms with E-state index in [-0.39, 0.29) is 12.5 Å². The fourth-order valence-corrected chi connectivity index (χ4v) is 4.18. The first kappa shape index (κ1) is 19.4. The Morgan fingerprint density at radius 1 is 1.21 bits per heavy atom. The number of anilines is 1. The molecule has 0 aliphatic rings. The molecule has 0 atom stereocenters. The molecule has 0 fully saturated rings. The number of carbonyl (C=O) groups excluding carboxylic acids is 1. The van der Waals surface area contributed by atoms with E-state index < -0.39 is 0 Å². The summed E-state index contributed by atoms with van der Waals surface area (Å²) in [6.07, 6.45) is 6.19. The van der Waals surface area contributed by atoms with Crippen molar-refractivity contribution in [3.8, 4) is 5.75 Å². The van der Waals surface area contributed by atoms with Crippen LogP contribution in [0.3, 0.4) is 0 Å². The molecule has 2 heterocycles. The van der Waals surface area contributed by atoms with Gasteiger partial charge in [0.1, 0.15) is 5.75 Å². The standard InChI is InChI=1S/C21H19ClN4O2S/c22-16-7-8-18-19(13-16)29-21(24-18)26(11-4-10-25-12-9-23-15-25)20(27)14-28-17-5-2-1-3-6-17/h1-3,5-9,12-13,15H,4,10-11,14H2. The molecule has 0 unspecified atom stereocenters. The third-order valence-electron chi connectivity index (χ3n) is 4.33. The fourth-order valence-electron chi connectivity index (χ4n) is 2.90. The minimum absolute atomic E-state index is 0.0498. The molecule has 4 aromatic rings. The van der Waals surface area contributed by atoms with Crippen LogP contribution < -0.4 is 9.64 Å². The molecule has 1 amide bonds. The summed E-state index contributed by atoms with van der Waals surface area (Å²) in [4.78, 5) is 23.4. The van der Waals surface area contributed by atoms with E-state index >= 15 is 0 Å². The van der Waals surface area contributed by atoms with E-state index in [1.165, 1.54) is 11.3 Å². The number of carbonyl (C=O) groups is 1. The van der Waals surface area contributed by atoms with Crippen LogP contribution in [0, 0.1) is 0 Å². The SMILES string of the molecule is O=C(COc1ccccc1)N(CCCn1ccnc1)c1nc2ccc(Cl)cc2s1. The number of para-hydroxylation sites is 1. The first-order valence-electron chi connectivity index (χ1n) is 9.19. The average Bonchev–Trinajstić information content (AvgIpc) is 3.39. The Bertz CT molecular complexity index is 1080. The van der Waals surface area contributed by atoms with Crippen LogP contribution >= 0.6 is 22.9 Å². The zero-order chi connectivity index (χ0) is 20.1. The van der Waals surface area contributed by atoms with Crippen LogP contribution in [0.25, 0.3) is 10.2 Å². The second-order valence-corrected chi connectivity index (χ2v) is 7.86. The molecule has 2 aromatic carbocycles. The quantitative estimate of drug-likeness (QED) is 0.411. The maximum absolute atomic E-state index is 13.0. The lowest BCUT2D eigenvalue weighted by Crippen LogP contribution is -2.36. The number of aromatic nitrogens is 3. The van der Waals surface area contributed by atoms with Gasteiger partial charge in [-0.2, -0.15) is 0 Å². The van der Waals surface area contributed by atoms with Gasteiger partial charge in [-0.05, 0) is 36.8 Å². The van der Waals surface area contributed by atoms with Gasteiger partial charge in [-0.3, -0.25) is 9.69 Å². The zero-order valence-corrected chi connectivity index (χ0v) is 17.1. The van der Waals surface area contributed by atoms with Crippen LogP contribution in [0.4, 0.5) is 5.13 Å². The van der Waals surface area contributed by atoms with Crippen molar-refractivity contribution in [1.82, 2.24) is 14.5 Å². The molecule has 4 rings (SSSR count). The number of hydrogen-bond donors (Lipinski definition) is 0. The number of amides is 1. The third-order valence-corrected chi connectivity index (χ3v) is 5.61.